The second-order valence-electron chi connectivity index (χ2n) is 0. The van der Waals surface area contributed by atoms with E-state index < -0.39 is 0 Å². The van der Waals surface area contributed by atoms with Crippen LogP contribution in [0.5, 0.6) is 0 Å². The van der Waals surface area contributed by atoms with Crippen LogP contribution in [0.1, 0.15) is 0 Å². The van der Waals surface area contributed by atoms with E-state index in [1.165, 1.54) is 0 Å². The van der Waals surface area contributed by atoms with E-state index in [4.69, 9.17) is 0 Å². The van der Waals surface area contributed by atoms with Gasteiger partial charge < -0.3 is 0 Å². The van der Waals surface area contributed by atoms with Crippen molar-refractivity contribution in [3.05, 3.63) is 0 Å². The maximum atomic E-state index is 0. The Bertz CT molecular complexity index is 8.00. The van der Waals surface area contributed by atoms with Crippen molar-refractivity contribution in [2.45, 2.75) is 0 Å². The van der Waals surface area contributed by atoms with Crippen LogP contribution in [0.3, 0.4) is 0 Å². The third kappa shape index (κ3) is 8.89. The second-order valence-corrected chi connectivity index (χ2v) is 0. The monoisotopic (exact) mass is 425 g/mol. The summed E-state index contributed by atoms with van der Waals surface area (Å²) >= 11 is 0. The summed E-state index contributed by atoms with van der Waals surface area (Å²) in [5, 5.41) is 0. The quantitative estimate of drug-likeness (QED) is 0.357. The Balaban J connectivity index is 0. The van der Waals surface area contributed by atoms with E-state index in [1.807, 2.05) is 0 Å². The van der Waals surface area contributed by atoms with Gasteiger partial charge in [0.2, 0.25) is 0 Å². The second kappa shape index (κ2) is 16.7. The van der Waals surface area contributed by atoms with E-state index in [0.717, 1.165) is 0 Å². The molecule has 1 radical (unpaired) electrons. The van der Waals surface area contributed by atoms with Gasteiger partial charge in [0, 0.05) is 17.1 Å². The molecular formula is H8BiCuMgSb. The van der Waals surface area contributed by atoms with Gasteiger partial charge in [-0.3, -0.25) is 0 Å². The van der Waals surface area contributed by atoms with Crippen molar-refractivity contribution in [2.24, 2.45) is 0 Å². The van der Waals surface area contributed by atoms with Crippen molar-refractivity contribution < 1.29 is 17.1 Å². The molecule has 0 N–H and O–H groups in total. The van der Waals surface area contributed by atoms with E-state index >= 15 is 0 Å². The summed E-state index contributed by atoms with van der Waals surface area (Å²) < 4.78 is 0. The van der Waals surface area contributed by atoms with Crippen molar-refractivity contribution >= 4 is 73.7 Å². The van der Waals surface area contributed by atoms with E-state index in [1.54, 1.807) is 0 Å². The summed E-state index contributed by atoms with van der Waals surface area (Å²) in [6, 6.07) is 0. The molecular weight excluding hydrogens is 419 g/mol. The SMILES string of the molecule is [BiH3].[Cu].[MgH2].[SbH3]. The van der Waals surface area contributed by atoms with E-state index in [9.17, 15) is 0 Å². The zero-order valence-corrected chi connectivity index (χ0v) is 12.2. The Morgan fingerprint density at radius 1 is 1.00 bits per heavy atom. The van der Waals surface area contributed by atoms with Crippen LogP contribution < -0.4 is 0 Å². The first-order valence-electron chi connectivity index (χ1n) is 0. The van der Waals surface area contributed by atoms with E-state index in [-0.39, 0.29) is 90.8 Å². The first kappa shape index (κ1) is 28.1. The average Bonchev–Trinajstić information content (AvgIpc) is 0. The predicted octanol–water partition coefficient (Wildman–Crippen LogP) is -3.29. The fourth-order valence-electron chi connectivity index (χ4n) is 0. The van der Waals surface area contributed by atoms with Crippen molar-refractivity contribution in [1.82, 2.24) is 0 Å². The van der Waals surface area contributed by atoms with Gasteiger partial charge in [-0.25, -0.2) is 0 Å². The molecule has 0 aliphatic carbocycles. The van der Waals surface area contributed by atoms with Gasteiger partial charge in [0.1, 0.15) is 0 Å². The molecule has 4 heavy (non-hydrogen) atoms. The van der Waals surface area contributed by atoms with Gasteiger partial charge in [-0.15, -0.1) is 0 Å². The first-order valence-corrected chi connectivity index (χ1v) is 0. The Hall–Kier alpha value is 2.99. The molecule has 0 amide bonds. The van der Waals surface area contributed by atoms with Crippen molar-refractivity contribution in [3.63, 3.8) is 0 Å². The molecule has 0 saturated heterocycles. The molecule has 31 valence electrons. The van der Waals surface area contributed by atoms with E-state index in [0.29, 0.717) is 0 Å². The molecule has 0 unspecified atom stereocenters. The Morgan fingerprint density at radius 2 is 1.00 bits per heavy atom. The van der Waals surface area contributed by atoms with E-state index in [2.05, 4.69) is 0 Å². The molecule has 0 atom stereocenters. The maximum absolute atomic E-state index is 0. The summed E-state index contributed by atoms with van der Waals surface area (Å²) in [6.07, 6.45) is 0. The Labute approximate surface area is 89.1 Å². The number of rotatable bonds is 0. The van der Waals surface area contributed by atoms with Crippen molar-refractivity contribution in [1.29, 1.82) is 0 Å². The van der Waals surface area contributed by atoms with Crippen LogP contribution in [0, 0.1) is 0 Å². The van der Waals surface area contributed by atoms with Crippen LogP contribution in [0.2, 0.25) is 0 Å². The molecule has 0 aromatic carbocycles. The van der Waals surface area contributed by atoms with Gasteiger partial charge in [0.25, 0.3) is 0 Å². The van der Waals surface area contributed by atoms with Gasteiger partial charge in [-0.2, -0.15) is 0 Å². The zero-order chi connectivity index (χ0) is 0. The predicted molar refractivity (Wildman–Crippen MR) is 28.4 cm³/mol. The van der Waals surface area contributed by atoms with Crippen LogP contribution in [0.4, 0.5) is 0 Å². The molecule has 0 aliphatic rings. The van der Waals surface area contributed by atoms with Crippen LogP contribution in [0.15, 0.2) is 0 Å². The molecule has 0 aromatic heterocycles. The Kier molecular flexibility index (Phi) is 117. The molecule has 0 heterocycles. The van der Waals surface area contributed by atoms with Crippen LogP contribution in [0.25, 0.3) is 0 Å². The molecule has 0 rings (SSSR count). The topological polar surface area (TPSA) is 0 Å². The zero-order valence-electron chi connectivity index (χ0n) is 1.72. The normalized spacial score (nSPS) is 0. The number of hydrogen-bond donors (Lipinski definition) is 0. The molecule has 0 aliphatic heterocycles. The standard InChI is InChI=1S/Bi.Cu.Mg.Sb.8H. The average molecular weight is 427 g/mol. The van der Waals surface area contributed by atoms with Crippen LogP contribution >= 0.6 is 0 Å². The fraction of sp³-hybridized carbons (Fsp3) is 0. The van der Waals surface area contributed by atoms with Crippen LogP contribution in [-0.4, -0.2) is 73.7 Å². The van der Waals surface area contributed by atoms with Crippen molar-refractivity contribution in [3.8, 4) is 0 Å². The Morgan fingerprint density at radius 3 is 1.00 bits per heavy atom. The third-order valence-electron chi connectivity index (χ3n) is 0. The minimum atomic E-state index is 0. The summed E-state index contributed by atoms with van der Waals surface area (Å²) in [7, 11) is 0. The fourth-order valence-corrected chi connectivity index (χ4v) is 0. The van der Waals surface area contributed by atoms with Gasteiger partial charge in [0.05, 0.1) is 0 Å². The molecule has 0 nitrogen and oxygen atoms in total. The molecule has 4 heteroatoms. The molecule has 0 saturated carbocycles. The van der Waals surface area contributed by atoms with Gasteiger partial charge in [-0.1, -0.05) is 0 Å². The molecule has 0 aromatic rings. The summed E-state index contributed by atoms with van der Waals surface area (Å²) in [5.74, 6) is 0. The summed E-state index contributed by atoms with van der Waals surface area (Å²) in [6.45, 7) is 0. The first-order chi connectivity index (χ1) is 0. The molecule has 0 fully saturated rings. The van der Waals surface area contributed by atoms with Gasteiger partial charge in [0.15, 0.2) is 0 Å². The van der Waals surface area contributed by atoms with Crippen LogP contribution in [-0.2, 0) is 17.1 Å². The molecule has 0 spiro atoms. The molecule has 0 bridgehead atoms. The van der Waals surface area contributed by atoms with Gasteiger partial charge >= 0.3 is 73.7 Å². The minimum absolute atomic E-state index is 0. The van der Waals surface area contributed by atoms with Gasteiger partial charge in [-0.05, 0) is 0 Å². The third-order valence-corrected chi connectivity index (χ3v) is 0. The summed E-state index contributed by atoms with van der Waals surface area (Å²) in [5.41, 5.74) is 0. The summed E-state index contributed by atoms with van der Waals surface area (Å²) in [4.78, 5) is 0. The van der Waals surface area contributed by atoms with Crippen molar-refractivity contribution in [2.75, 3.05) is 0 Å². The number of hydrogen-bond acceptors (Lipinski definition) is 0.